The molecule has 1 N–H and O–H groups in total. The number of benzene rings is 1. The Morgan fingerprint density at radius 1 is 1.09 bits per heavy atom. The van der Waals surface area contributed by atoms with Gasteiger partial charge in [0, 0.05) is 31.5 Å². The summed E-state index contributed by atoms with van der Waals surface area (Å²) < 4.78 is 11.8. The van der Waals surface area contributed by atoms with Gasteiger partial charge < -0.3 is 24.3 Å². The predicted octanol–water partition coefficient (Wildman–Crippen LogP) is 6.40. The highest BCUT2D eigenvalue weighted by molar-refractivity contribution is 6.00. The van der Waals surface area contributed by atoms with E-state index in [4.69, 9.17) is 9.15 Å². The zero-order valence-corrected chi connectivity index (χ0v) is 29.1. The van der Waals surface area contributed by atoms with Gasteiger partial charge in [-0.25, -0.2) is 4.98 Å². The predicted molar refractivity (Wildman–Crippen MR) is 180 cm³/mol. The van der Waals surface area contributed by atoms with Crippen LogP contribution in [-0.4, -0.2) is 71.1 Å². The Morgan fingerprint density at radius 2 is 1.80 bits per heavy atom. The molecule has 1 aromatic carbocycles. The second kappa shape index (κ2) is 16.1. The van der Waals surface area contributed by atoms with E-state index in [1.165, 1.54) is 12.8 Å². The van der Waals surface area contributed by atoms with E-state index in [-0.39, 0.29) is 35.5 Å². The zero-order chi connectivity index (χ0) is 33.4. The number of hydrogen-bond acceptors (Lipinski definition) is 7. The molecule has 2 aliphatic rings. The first-order valence-electron chi connectivity index (χ1n) is 17.3. The molecule has 0 saturated carbocycles. The number of likely N-dealkylation sites (tertiary alicyclic amines) is 2. The molecule has 9 heteroatoms. The summed E-state index contributed by atoms with van der Waals surface area (Å²) in [5.41, 5.74) is 0.156. The normalized spacial score (nSPS) is 21.7. The minimum Gasteiger partial charge on any atom is -0.483 e. The number of ketones is 1. The summed E-state index contributed by atoms with van der Waals surface area (Å²) in [5.74, 6) is 2.56. The van der Waals surface area contributed by atoms with Gasteiger partial charge >= 0.3 is 0 Å². The minimum absolute atomic E-state index is 0.0720. The van der Waals surface area contributed by atoms with Crippen molar-refractivity contribution in [2.75, 3.05) is 26.7 Å². The molecule has 2 unspecified atom stereocenters. The standard InChI is InChI=1S/C37H56N4O5/c1-8-26-15-16-27(23-40(7)22-26)17-18-31(42)30-13-11-19-41(30)36(44)29(20-25(2)3)39-35(43)28-12-9-10-14-32(28)45-24-34-38-21-33(46-34)37(4,5)6/h9-10,12,14,21,25-27,29-30H,8,11,13,15-20,22-24H2,1-7H3,(H,39,43)/t26?,27?,29-,30-/m1/s1. The van der Waals surface area contributed by atoms with E-state index in [2.05, 4.69) is 29.2 Å². The molecule has 2 saturated heterocycles. The summed E-state index contributed by atoms with van der Waals surface area (Å²) >= 11 is 0. The molecule has 2 aliphatic heterocycles. The topological polar surface area (TPSA) is 105 Å². The third kappa shape index (κ3) is 9.66. The van der Waals surface area contributed by atoms with E-state index in [9.17, 15) is 14.4 Å². The molecule has 2 fully saturated rings. The van der Waals surface area contributed by atoms with Gasteiger partial charge in [-0.1, -0.05) is 60.1 Å². The van der Waals surface area contributed by atoms with Crippen LogP contribution in [0.4, 0.5) is 0 Å². The van der Waals surface area contributed by atoms with Gasteiger partial charge in [0.05, 0.1) is 17.8 Å². The molecule has 2 aromatic rings. The molecule has 3 heterocycles. The second-order valence-electron chi connectivity index (χ2n) is 14.9. The van der Waals surface area contributed by atoms with Gasteiger partial charge in [0.2, 0.25) is 11.8 Å². The molecule has 2 amide bonds. The molecule has 4 atom stereocenters. The lowest BCUT2D eigenvalue weighted by molar-refractivity contribution is -0.139. The van der Waals surface area contributed by atoms with Gasteiger partial charge in [0.25, 0.3) is 5.91 Å². The van der Waals surface area contributed by atoms with Crippen LogP contribution in [0.1, 0.15) is 115 Å². The summed E-state index contributed by atoms with van der Waals surface area (Å²) in [4.78, 5) is 49.7. The van der Waals surface area contributed by atoms with Gasteiger partial charge in [0.1, 0.15) is 17.6 Å². The second-order valence-corrected chi connectivity index (χ2v) is 14.9. The lowest BCUT2D eigenvalue weighted by Gasteiger charge is -2.30. The summed E-state index contributed by atoms with van der Waals surface area (Å²) in [6.45, 7) is 15.2. The largest absolute Gasteiger partial charge is 0.483 e. The van der Waals surface area contributed by atoms with Crippen molar-refractivity contribution < 1.29 is 23.5 Å². The average Bonchev–Trinajstić information content (AvgIpc) is 3.66. The first-order valence-corrected chi connectivity index (χ1v) is 17.3. The monoisotopic (exact) mass is 636 g/mol. The van der Waals surface area contributed by atoms with Crippen LogP contribution in [0, 0.1) is 17.8 Å². The number of ether oxygens (including phenoxy) is 1. The Hall–Kier alpha value is -3.20. The third-order valence-corrected chi connectivity index (χ3v) is 9.49. The Bertz CT molecular complexity index is 1310. The van der Waals surface area contributed by atoms with E-state index < -0.39 is 12.1 Å². The van der Waals surface area contributed by atoms with Crippen LogP contribution >= 0.6 is 0 Å². The molecule has 0 spiro atoms. The number of aromatic nitrogens is 1. The number of amides is 2. The van der Waals surface area contributed by atoms with Crippen LogP contribution in [0.25, 0.3) is 0 Å². The van der Waals surface area contributed by atoms with Crippen LogP contribution < -0.4 is 10.1 Å². The summed E-state index contributed by atoms with van der Waals surface area (Å²) in [6.07, 6.45) is 8.60. The van der Waals surface area contributed by atoms with Crippen LogP contribution in [0.2, 0.25) is 0 Å². The van der Waals surface area contributed by atoms with Gasteiger partial charge in [-0.15, -0.1) is 0 Å². The number of rotatable bonds is 13. The number of carbonyl (C=O) groups excluding carboxylic acids is 3. The van der Waals surface area contributed by atoms with Crippen LogP contribution in [0.15, 0.2) is 34.9 Å². The van der Waals surface area contributed by atoms with Crippen molar-refractivity contribution in [3.63, 3.8) is 0 Å². The molecule has 1 aromatic heterocycles. The lowest BCUT2D eigenvalue weighted by atomic mass is 9.91. The first-order chi connectivity index (χ1) is 21.8. The van der Waals surface area contributed by atoms with Gasteiger partial charge in [-0.2, -0.15) is 0 Å². The Balaban J connectivity index is 1.39. The van der Waals surface area contributed by atoms with Crippen molar-refractivity contribution in [3.8, 4) is 5.75 Å². The number of Topliss-reactive ketones (excluding diaryl/α,β-unsaturated/α-hetero) is 1. The van der Waals surface area contributed by atoms with E-state index in [1.54, 1.807) is 35.4 Å². The number of nitrogens with zero attached hydrogens (tertiary/aromatic N) is 3. The maximum absolute atomic E-state index is 14.0. The van der Waals surface area contributed by atoms with E-state index >= 15 is 0 Å². The third-order valence-electron chi connectivity index (χ3n) is 9.49. The number of hydrogen-bond donors (Lipinski definition) is 1. The van der Waals surface area contributed by atoms with E-state index in [1.807, 2.05) is 34.6 Å². The van der Waals surface area contributed by atoms with Gasteiger partial charge in [-0.05, 0) is 75.5 Å². The first kappa shape index (κ1) is 35.7. The highest BCUT2D eigenvalue weighted by atomic mass is 16.5. The van der Waals surface area contributed by atoms with Crippen molar-refractivity contribution >= 4 is 17.6 Å². The summed E-state index contributed by atoms with van der Waals surface area (Å²) in [6, 6.07) is 5.83. The lowest BCUT2D eigenvalue weighted by Crippen LogP contribution is -2.52. The van der Waals surface area contributed by atoms with Crippen molar-refractivity contribution in [1.82, 2.24) is 20.1 Å². The van der Waals surface area contributed by atoms with Gasteiger partial charge in [0.15, 0.2) is 12.4 Å². The quantitative estimate of drug-likeness (QED) is 0.271. The molecular formula is C37H56N4O5. The van der Waals surface area contributed by atoms with E-state index in [0.717, 1.165) is 44.0 Å². The SMILES string of the molecule is CCC1CCC(CCC(=O)[C@H]2CCCN2C(=O)[C@@H](CC(C)C)NC(=O)c2ccccc2OCc2ncc(C(C)(C)C)o2)CN(C)C1. The summed E-state index contributed by atoms with van der Waals surface area (Å²) in [5, 5.41) is 3.00. The molecule has 0 radical (unpaired) electrons. The van der Waals surface area contributed by atoms with Crippen LogP contribution in [0.3, 0.4) is 0 Å². The molecule has 254 valence electrons. The van der Waals surface area contributed by atoms with Crippen LogP contribution in [0.5, 0.6) is 5.75 Å². The highest BCUT2D eigenvalue weighted by Gasteiger charge is 2.38. The molecule has 9 nitrogen and oxygen atoms in total. The number of para-hydroxylation sites is 1. The number of nitrogens with one attached hydrogen (secondary N) is 1. The molecule has 4 rings (SSSR count). The fraction of sp³-hybridized carbons (Fsp3) is 0.676. The summed E-state index contributed by atoms with van der Waals surface area (Å²) in [7, 11) is 2.19. The smallest absolute Gasteiger partial charge is 0.255 e. The maximum Gasteiger partial charge on any atom is 0.255 e. The van der Waals surface area contributed by atoms with Crippen molar-refractivity contribution in [2.45, 2.75) is 117 Å². The van der Waals surface area contributed by atoms with Crippen molar-refractivity contribution in [3.05, 3.63) is 47.7 Å². The minimum atomic E-state index is -0.739. The van der Waals surface area contributed by atoms with E-state index in [0.29, 0.717) is 48.9 Å². The number of carbonyl (C=O) groups is 3. The molecular weight excluding hydrogens is 580 g/mol. The molecule has 46 heavy (non-hydrogen) atoms. The van der Waals surface area contributed by atoms with Crippen LogP contribution in [-0.2, 0) is 21.6 Å². The average molecular weight is 637 g/mol. The number of oxazole rings is 1. The Labute approximate surface area is 275 Å². The maximum atomic E-state index is 14.0. The fourth-order valence-corrected chi connectivity index (χ4v) is 6.83. The zero-order valence-electron chi connectivity index (χ0n) is 29.1. The molecule has 0 aliphatic carbocycles. The highest BCUT2D eigenvalue weighted by Crippen LogP contribution is 2.28. The Kier molecular flexibility index (Phi) is 12.5. The van der Waals surface area contributed by atoms with Crippen molar-refractivity contribution in [2.24, 2.45) is 17.8 Å². The Morgan fingerprint density at radius 3 is 2.50 bits per heavy atom. The molecule has 0 bridgehead atoms. The fourth-order valence-electron chi connectivity index (χ4n) is 6.83. The van der Waals surface area contributed by atoms with Gasteiger partial charge in [-0.3, -0.25) is 14.4 Å². The van der Waals surface area contributed by atoms with Crippen molar-refractivity contribution in [1.29, 1.82) is 0 Å².